The minimum Gasteiger partial charge on any atom is -0.389 e. The summed E-state index contributed by atoms with van der Waals surface area (Å²) < 4.78 is 0. The van der Waals surface area contributed by atoms with Crippen molar-refractivity contribution in [3.8, 4) is 0 Å². The summed E-state index contributed by atoms with van der Waals surface area (Å²) in [7, 11) is 0. The van der Waals surface area contributed by atoms with Gasteiger partial charge < -0.3 is 15.3 Å². The Bertz CT molecular complexity index is 464. The van der Waals surface area contributed by atoms with Crippen LogP contribution in [-0.4, -0.2) is 64.8 Å². The van der Waals surface area contributed by atoms with Crippen molar-refractivity contribution in [2.24, 2.45) is 0 Å². The van der Waals surface area contributed by atoms with Crippen LogP contribution < -0.4 is 10.2 Å². The molecule has 0 aromatic carbocycles. The molecule has 0 radical (unpaired) electrons. The molecule has 1 saturated heterocycles. The van der Waals surface area contributed by atoms with Crippen molar-refractivity contribution in [1.29, 1.82) is 0 Å². The van der Waals surface area contributed by atoms with Crippen molar-refractivity contribution in [2.75, 3.05) is 49.5 Å². The number of aliphatic hydroxyl groups is 1. The van der Waals surface area contributed by atoms with E-state index in [0.29, 0.717) is 6.54 Å². The predicted molar refractivity (Wildman–Crippen MR) is 85.9 cm³/mol. The van der Waals surface area contributed by atoms with E-state index in [1.165, 1.54) is 0 Å². The molecule has 118 valence electrons. The first-order valence-corrected chi connectivity index (χ1v) is 7.66. The summed E-state index contributed by atoms with van der Waals surface area (Å²) in [6, 6.07) is 0. The number of hydrogen-bond donors (Lipinski definition) is 2. The Morgan fingerprint density at radius 1 is 1.24 bits per heavy atom. The van der Waals surface area contributed by atoms with Crippen molar-refractivity contribution < 1.29 is 5.11 Å². The average Bonchev–Trinajstić information content (AvgIpc) is 2.41. The van der Waals surface area contributed by atoms with Gasteiger partial charge in [-0.2, -0.15) is 0 Å². The zero-order chi connectivity index (χ0) is 15.5. The summed E-state index contributed by atoms with van der Waals surface area (Å²) >= 11 is 0. The first kappa shape index (κ1) is 16.0. The molecule has 2 heterocycles. The Kier molecular flexibility index (Phi) is 5.00. The summed E-state index contributed by atoms with van der Waals surface area (Å²) in [6.07, 6.45) is 1.63. The van der Waals surface area contributed by atoms with Gasteiger partial charge in [0, 0.05) is 44.8 Å². The molecule has 1 aliphatic heterocycles. The molecule has 0 bridgehead atoms. The molecule has 1 fully saturated rings. The third kappa shape index (κ3) is 4.28. The molecule has 0 unspecified atom stereocenters. The lowest BCUT2D eigenvalue weighted by molar-refractivity contribution is 0.0344. The molecule has 2 N–H and O–H groups in total. The Morgan fingerprint density at radius 2 is 1.90 bits per heavy atom. The van der Waals surface area contributed by atoms with E-state index in [9.17, 15) is 5.11 Å². The number of β-amino-alcohol motifs (C(OH)–C–C–N with tert-alkyl or cyclic N) is 1. The molecular weight excluding hydrogens is 266 g/mol. The molecule has 6 nitrogen and oxygen atoms in total. The average molecular weight is 293 g/mol. The van der Waals surface area contributed by atoms with E-state index in [2.05, 4.69) is 38.9 Å². The van der Waals surface area contributed by atoms with E-state index in [0.717, 1.165) is 49.9 Å². The van der Waals surface area contributed by atoms with Crippen molar-refractivity contribution in [3.05, 3.63) is 11.9 Å². The number of piperazine rings is 1. The largest absolute Gasteiger partial charge is 0.389 e. The molecule has 2 rings (SSSR count). The highest BCUT2D eigenvalue weighted by atomic mass is 16.3. The zero-order valence-electron chi connectivity index (χ0n) is 13.6. The summed E-state index contributed by atoms with van der Waals surface area (Å²) in [6.45, 7) is 13.2. The Balaban J connectivity index is 2.01. The first-order chi connectivity index (χ1) is 9.90. The number of rotatable bonds is 5. The second kappa shape index (κ2) is 6.58. The lowest BCUT2D eigenvalue weighted by Gasteiger charge is -2.38. The molecule has 1 aromatic rings. The molecule has 0 amide bonds. The topological polar surface area (TPSA) is 64.5 Å². The Hall–Kier alpha value is -1.40. The second-order valence-corrected chi connectivity index (χ2v) is 6.28. The van der Waals surface area contributed by atoms with Gasteiger partial charge in [0.05, 0.1) is 5.60 Å². The Morgan fingerprint density at radius 3 is 2.48 bits per heavy atom. The maximum Gasteiger partial charge on any atom is 0.137 e. The Labute approximate surface area is 127 Å². The van der Waals surface area contributed by atoms with E-state index in [1.807, 2.05) is 13.8 Å². The van der Waals surface area contributed by atoms with Gasteiger partial charge in [0.25, 0.3) is 0 Å². The summed E-state index contributed by atoms with van der Waals surface area (Å²) in [4.78, 5) is 13.4. The predicted octanol–water partition coefficient (Wildman–Crippen LogP) is 1.11. The zero-order valence-corrected chi connectivity index (χ0v) is 13.6. The van der Waals surface area contributed by atoms with Crippen molar-refractivity contribution in [1.82, 2.24) is 14.9 Å². The minimum atomic E-state index is -0.634. The number of nitrogens with zero attached hydrogens (tertiary/aromatic N) is 4. The van der Waals surface area contributed by atoms with Gasteiger partial charge in [-0.25, -0.2) is 9.97 Å². The molecule has 1 aliphatic rings. The van der Waals surface area contributed by atoms with E-state index in [-0.39, 0.29) is 0 Å². The van der Waals surface area contributed by atoms with Gasteiger partial charge in [0.1, 0.15) is 18.0 Å². The number of hydrogen-bond acceptors (Lipinski definition) is 6. The van der Waals surface area contributed by atoms with E-state index < -0.39 is 5.60 Å². The van der Waals surface area contributed by atoms with Gasteiger partial charge in [-0.05, 0) is 27.7 Å². The van der Waals surface area contributed by atoms with Crippen LogP contribution in [0.4, 0.5) is 11.6 Å². The molecule has 1 aromatic heterocycles. The number of anilines is 2. The van der Waals surface area contributed by atoms with Crippen LogP contribution >= 0.6 is 0 Å². The van der Waals surface area contributed by atoms with Gasteiger partial charge in [0.2, 0.25) is 0 Å². The molecule has 0 spiro atoms. The SMILES string of the molecule is CCNc1ncnc(N2CCN(CC(C)(C)O)CC2)c1C. The third-order valence-electron chi connectivity index (χ3n) is 3.68. The first-order valence-electron chi connectivity index (χ1n) is 7.66. The van der Waals surface area contributed by atoms with Crippen LogP contribution in [0.3, 0.4) is 0 Å². The fourth-order valence-corrected chi connectivity index (χ4v) is 2.77. The van der Waals surface area contributed by atoms with Crippen LogP contribution in [0.1, 0.15) is 26.3 Å². The second-order valence-electron chi connectivity index (χ2n) is 6.28. The summed E-state index contributed by atoms with van der Waals surface area (Å²) in [5, 5.41) is 13.2. The molecule has 0 saturated carbocycles. The fourth-order valence-electron chi connectivity index (χ4n) is 2.77. The van der Waals surface area contributed by atoms with Gasteiger partial charge in [-0.3, -0.25) is 4.90 Å². The summed E-state index contributed by atoms with van der Waals surface area (Å²) in [5.41, 5.74) is 0.473. The van der Waals surface area contributed by atoms with Gasteiger partial charge in [-0.15, -0.1) is 0 Å². The molecule has 21 heavy (non-hydrogen) atoms. The van der Waals surface area contributed by atoms with E-state index >= 15 is 0 Å². The normalized spacial score (nSPS) is 17.1. The lowest BCUT2D eigenvalue weighted by atomic mass is 10.1. The monoisotopic (exact) mass is 293 g/mol. The van der Waals surface area contributed by atoms with Crippen molar-refractivity contribution in [3.63, 3.8) is 0 Å². The molecule has 0 aliphatic carbocycles. The van der Waals surface area contributed by atoms with Crippen molar-refractivity contribution >= 4 is 11.6 Å². The van der Waals surface area contributed by atoms with Gasteiger partial charge in [0.15, 0.2) is 0 Å². The third-order valence-corrected chi connectivity index (χ3v) is 3.68. The van der Waals surface area contributed by atoms with E-state index in [1.54, 1.807) is 6.33 Å². The quantitative estimate of drug-likeness (QED) is 0.848. The van der Waals surface area contributed by atoms with Crippen LogP contribution in [0, 0.1) is 6.92 Å². The van der Waals surface area contributed by atoms with Crippen LogP contribution in [0.15, 0.2) is 6.33 Å². The number of aromatic nitrogens is 2. The van der Waals surface area contributed by atoms with Gasteiger partial charge >= 0.3 is 0 Å². The lowest BCUT2D eigenvalue weighted by Crippen LogP contribution is -2.50. The van der Waals surface area contributed by atoms with Crippen LogP contribution in [0.5, 0.6) is 0 Å². The van der Waals surface area contributed by atoms with Crippen LogP contribution in [0.25, 0.3) is 0 Å². The smallest absolute Gasteiger partial charge is 0.137 e. The molecule has 6 heteroatoms. The maximum absolute atomic E-state index is 9.91. The van der Waals surface area contributed by atoms with E-state index in [4.69, 9.17) is 0 Å². The fraction of sp³-hybridized carbons (Fsp3) is 0.733. The molecular formula is C15H27N5O. The van der Waals surface area contributed by atoms with Crippen LogP contribution in [-0.2, 0) is 0 Å². The summed E-state index contributed by atoms with van der Waals surface area (Å²) in [5.74, 6) is 1.94. The minimum absolute atomic E-state index is 0.634. The standard InChI is InChI=1S/C15H27N5O/c1-5-16-13-12(2)14(18-11-17-13)20-8-6-19(7-9-20)10-15(3,4)21/h11,21H,5-10H2,1-4H3,(H,16,17,18). The highest BCUT2D eigenvalue weighted by Gasteiger charge is 2.24. The van der Waals surface area contributed by atoms with Crippen LogP contribution in [0.2, 0.25) is 0 Å². The number of nitrogens with one attached hydrogen (secondary N) is 1. The molecule has 0 atom stereocenters. The highest BCUT2D eigenvalue weighted by molar-refractivity contribution is 5.58. The van der Waals surface area contributed by atoms with Crippen molar-refractivity contribution in [2.45, 2.75) is 33.3 Å². The van der Waals surface area contributed by atoms with Gasteiger partial charge in [-0.1, -0.05) is 0 Å². The maximum atomic E-state index is 9.91. The highest BCUT2D eigenvalue weighted by Crippen LogP contribution is 2.23.